The molecule has 0 radical (unpaired) electrons. The molecule has 1 aromatic heterocycles. The molecule has 0 aromatic carbocycles. The predicted molar refractivity (Wildman–Crippen MR) is 77.4 cm³/mol. The second-order valence-electron chi connectivity index (χ2n) is 4.51. The van der Waals surface area contributed by atoms with Crippen LogP contribution < -0.4 is 5.73 Å². The fourth-order valence-corrected chi connectivity index (χ4v) is 2.60. The summed E-state index contributed by atoms with van der Waals surface area (Å²) in [5.41, 5.74) is 5.78. The number of nitrogens with two attached hydrogens (primary N) is 1. The van der Waals surface area contributed by atoms with E-state index in [1.165, 1.54) is 17.6 Å². The number of rotatable bonds is 4. The minimum atomic E-state index is -0.310. The number of aliphatic imine (C=N–C) groups is 1. The maximum absolute atomic E-state index is 11.6. The Bertz CT molecular complexity index is 466. The number of nitrogens with zero attached hydrogens (tertiary/aromatic N) is 1. The van der Waals surface area contributed by atoms with Gasteiger partial charge in [0.15, 0.2) is 0 Å². The number of carbonyl (C=O) groups is 1. The van der Waals surface area contributed by atoms with Gasteiger partial charge < -0.3 is 10.5 Å². The molecule has 19 heavy (non-hydrogen) atoms. The topological polar surface area (TPSA) is 64.7 Å². The Morgan fingerprint density at radius 1 is 1.58 bits per heavy atom. The zero-order chi connectivity index (χ0) is 13.5. The average molecular weight is 278 g/mol. The number of ether oxygens (including phenoxy) is 1. The molecule has 0 saturated heterocycles. The van der Waals surface area contributed by atoms with Crippen LogP contribution in [0.1, 0.15) is 41.8 Å². The Balaban J connectivity index is 1.77. The Morgan fingerprint density at radius 2 is 2.47 bits per heavy atom. The van der Waals surface area contributed by atoms with E-state index in [2.05, 4.69) is 4.99 Å². The SMILES string of the molecule is NC1=NC(CC=COC(=O)c2cccs2)CCCC1. The summed E-state index contributed by atoms with van der Waals surface area (Å²) in [6, 6.07) is 3.80. The highest BCUT2D eigenvalue weighted by Gasteiger charge is 2.10. The van der Waals surface area contributed by atoms with Gasteiger partial charge >= 0.3 is 5.97 Å². The third kappa shape index (κ3) is 4.52. The van der Waals surface area contributed by atoms with E-state index in [0.29, 0.717) is 4.88 Å². The van der Waals surface area contributed by atoms with Gasteiger partial charge in [-0.05, 0) is 36.8 Å². The number of amidine groups is 1. The smallest absolute Gasteiger partial charge is 0.353 e. The normalized spacial score (nSPS) is 20.0. The van der Waals surface area contributed by atoms with Crippen molar-refractivity contribution in [3.8, 4) is 0 Å². The van der Waals surface area contributed by atoms with E-state index in [-0.39, 0.29) is 12.0 Å². The van der Waals surface area contributed by atoms with Gasteiger partial charge in [0, 0.05) is 6.42 Å². The summed E-state index contributed by atoms with van der Waals surface area (Å²) in [5, 5.41) is 1.85. The molecule has 2 heterocycles. The third-order valence-electron chi connectivity index (χ3n) is 2.97. The Hall–Kier alpha value is -1.62. The van der Waals surface area contributed by atoms with Crippen molar-refractivity contribution in [3.63, 3.8) is 0 Å². The molecule has 2 rings (SSSR count). The number of esters is 1. The number of carbonyl (C=O) groups excluding carboxylic acids is 1. The molecule has 0 spiro atoms. The summed E-state index contributed by atoms with van der Waals surface area (Å²) in [7, 11) is 0. The Labute approximate surface area is 117 Å². The van der Waals surface area contributed by atoms with Gasteiger partial charge in [0.25, 0.3) is 0 Å². The van der Waals surface area contributed by atoms with Crippen LogP contribution in [-0.4, -0.2) is 17.8 Å². The molecule has 2 N–H and O–H groups in total. The molecule has 0 fully saturated rings. The minimum absolute atomic E-state index is 0.221. The van der Waals surface area contributed by atoms with Gasteiger partial charge in [-0.15, -0.1) is 11.3 Å². The quantitative estimate of drug-likeness (QED) is 0.680. The van der Waals surface area contributed by atoms with Gasteiger partial charge in [-0.1, -0.05) is 12.5 Å². The highest BCUT2D eigenvalue weighted by molar-refractivity contribution is 7.11. The first-order chi connectivity index (χ1) is 9.25. The van der Waals surface area contributed by atoms with E-state index in [1.807, 2.05) is 17.5 Å². The van der Waals surface area contributed by atoms with Crippen molar-refractivity contribution in [2.45, 2.75) is 38.1 Å². The molecule has 0 bridgehead atoms. The van der Waals surface area contributed by atoms with Gasteiger partial charge in [0.2, 0.25) is 0 Å². The van der Waals surface area contributed by atoms with Crippen LogP contribution in [-0.2, 0) is 4.74 Å². The molecule has 1 aliphatic rings. The molecule has 1 unspecified atom stereocenters. The van der Waals surface area contributed by atoms with Gasteiger partial charge in [-0.2, -0.15) is 0 Å². The zero-order valence-electron chi connectivity index (χ0n) is 10.7. The molecule has 102 valence electrons. The first-order valence-electron chi connectivity index (χ1n) is 6.47. The van der Waals surface area contributed by atoms with E-state index in [0.717, 1.165) is 37.9 Å². The van der Waals surface area contributed by atoms with Crippen LogP contribution in [0.5, 0.6) is 0 Å². The van der Waals surface area contributed by atoms with Gasteiger partial charge in [0.05, 0.1) is 18.1 Å². The highest BCUT2D eigenvalue weighted by atomic mass is 32.1. The number of hydrogen-bond acceptors (Lipinski definition) is 5. The number of thiophene rings is 1. The lowest BCUT2D eigenvalue weighted by Crippen LogP contribution is -2.13. The van der Waals surface area contributed by atoms with Crippen LogP contribution in [0.4, 0.5) is 0 Å². The molecule has 1 atom stereocenters. The van der Waals surface area contributed by atoms with Gasteiger partial charge in [0.1, 0.15) is 4.88 Å². The van der Waals surface area contributed by atoms with Crippen molar-refractivity contribution in [2.24, 2.45) is 10.7 Å². The molecule has 5 heteroatoms. The first-order valence-corrected chi connectivity index (χ1v) is 7.35. The van der Waals surface area contributed by atoms with Crippen molar-refractivity contribution in [2.75, 3.05) is 0 Å². The van der Waals surface area contributed by atoms with E-state index in [9.17, 15) is 4.79 Å². The van der Waals surface area contributed by atoms with Crippen molar-refractivity contribution < 1.29 is 9.53 Å². The van der Waals surface area contributed by atoms with Crippen molar-refractivity contribution in [1.29, 1.82) is 0 Å². The second kappa shape index (κ2) is 7.09. The molecule has 1 aliphatic heterocycles. The fraction of sp³-hybridized carbons (Fsp3) is 0.429. The van der Waals surface area contributed by atoms with Gasteiger partial charge in [-0.25, -0.2) is 4.79 Å². The standard InChI is InChI=1S/C14H18N2O2S/c15-13-8-2-1-5-11(16-13)6-3-9-18-14(17)12-7-4-10-19-12/h3-4,7,9-11H,1-2,5-6,8H2,(H2,15,16). The predicted octanol–water partition coefficient (Wildman–Crippen LogP) is 3.11. The molecule has 0 aliphatic carbocycles. The average Bonchev–Trinajstić information content (AvgIpc) is 2.85. The van der Waals surface area contributed by atoms with E-state index in [4.69, 9.17) is 10.5 Å². The Kier molecular flexibility index (Phi) is 5.15. The molecular formula is C14H18N2O2S. The highest BCUT2D eigenvalue weighted by Crippen LogP contribution is 2.15. The van der Waals surface area contributed by atoms with E-state index < -0.39 is 0 Å². The monoisotopic (exact) mass is 278 g/mol. The lowest BCUT2D eigenvalue weighted by molar-refractivity contribution is 0.0667. The fourth-order valence-electron chi connectivity index (χ4n) is 2.00. The van der Waals surface area contributed by atoms with E-state index >= 15 is 0 Å². The van der Waals surface area contributed by atoms with Crippen LogP contribution in [0.3, 0.4) is 0 Å². The second-order valence-corrected chi connectivity index (χ2v) is 5.46. The summed E-state index contributed by atoms with van der Waals surface area (Å²) in [4.78, 5) is 16.6. The van der Waals surface area contributed by atoms with Crippen LogP contribution in [0.2, 0.25) is 0 Å². The molecule has 0 amide bonds. The van der Waals surface area contributed by atoms with Crippen molar-refractivity contribution >= 4 is 23.1 Å². The summed E-state index contributed by atoms with van der Waals surface area (Å²) in [5.74, 6) is 0.432. The lowest BCUT2D eigenvalue weighted by Gasteiger charge is -2.06. The maximum Gasteiger partial charge on any atom is 0.353 e. The van der Waals surface area contributed by atoms with Crippen LogP contribution >= 0.6 is 11.3 Å². The summed E-state index contributed by atoms with van der Waals surface area (Å²) >= 11 is 1.37. The van der Waals surface area contributed by atoms with Crippen molar-refractivity contribution in [3.05, 3.63) is 34.7 Å². The van der Waals surface area contributed by atoms with Crippen LogP contribution in [0, 0.1) is 0 Å². The summed E-state index contributed by atoms with van der Waals surface area (Å²) in [6.07, 6.45) is 8.27. The van der Waals surface area contributed by atoms with Crippen LogP contribution in [0.15, 0.2) is 34.8 Å². The Morgan fingerprint density at radius 3 is 3.26 bits per heavy atom. The first kappa shape index (κ1) is 13.8. The third-order valence-corrected chi connectivity index (χ3v) is 3.82. The van der Waals surface area contributed by atoms with Gasteiger partial charge in [-0.3, -0.25) is 4.99 Å². The molecular weight excluding hydrogens is 260 g/mol. The largest absolute Gasteiger partial charge is 0.431 e. The van der Waals surface area contributed by atoms with Crippen LogP contribution in [0.25, 0.3) is 0 Å². The zero-order valence-corrected chi connectivity index (χ0v) is 11.6. The molecule has 0 saturated carbocycles. The minimum Gasteiger partial charge on any atom is -0.431 e. The maximum atomic E-state index is 11.6. The summed E-state index contributed by atoms with van der Waals surface area (Å²) in [6.45, 7) is 0. The number of hydrogen-bond donors (Lipinski definition) is 1. The summed E-state index contributed by atoms with van der Waals surface area (Å²) < 4.78 is 5.05. The van der Waals surface area contributed by atoms with E-state index in [1.54, 1.807) is 6.07 Å². The lowest BCUT2D eigenvalue weighted by atomic mass is 10.1. The molecule has 4 nitrogen and oxygen atoms in total. The van der Waals surface area contributed by atoms with Crippen molar-refractivity contribution in [1.82, 2.24) is 0 Å². The molecule has 1 aromatic rings.